The average molecular weight is 385 g/mol. The van der Waals surface area contributed by atoms with Crippen molar-refractivity contribution in [3.8, 4) is 5.75 Å². The van der Waals surface area contributed by atoms with E-state index >= 15 is 0 Å². The minimum absolute atomic E-state index is 0.00815. The largest absolute Gasteiger partial charge is 0.614 e. The lowest BCUT2D eigenvalue weighted by atomic mass is 10.1. The van der Waals surface area contributed by atoms with Gasteiger partial charge in [0.2, 0.25) is 5.91 Å². The summed E-state index contributed by atoms with van der Waals surface area (Å²) in [5.74, 6) is 0.867. The lowest BCUT2D eigenvalue weighted by molar-refractivity contribution is -0.145. The molecule has 1 fully saturated rings. The van der Waals surface area contributed by atoms with E-state index < -0.39 is 16.5 Å². The number of β-lactam (4-membered cyclic amide) rings is 1. The van der Waals surface area contributed by atoms with Crippen molar-refractivity contribution in [2.75, 3.05) is 13.7 Å². The van der Waals surface area contributed by atoms with Gasteiger partial charge in [-0.05, 0) is 29.2 Å². The molecular weight excluding hydrogens is 362 g/mol. The summed E-state index contributed by atoms with van der Waals surface area (Å²) in [6, 6.07) is 17.2. The summed E-state index contributed by atoms with van der Waals surface area (Å²) in [5, 5.41) is -0.400. The molecule has 6 heteroatoms. The van der Waals surface area contributed by atoms with Gasteiger partial charge in [-0.3, -0.25) is 14.5 Å². The molecule has 27 heavy (non-hydrogen) atoms. The van der Waals surface area contributed by atoms with Gasteiger partial charge in [0.25, 0.3) is 0 Å². The fourth-order valence-electron chi connectivity index (χ4n) is 3.12. The minimum Gasteiger partial charge on any atom is -0.614 e. The molecule has 1 aliphatic rings. The summed E-state index contributed by atoms with van der Waals surface area (Å²) in [4.78, 5) is 25.7. The van der Waals surface area contributed by atoms with Crippen LogP contribution in [0.1, 0.15) is 24.0 Å². The second-order valence-corrected chi connectivity index (χ2v) is 8.14. The van der Waals surface area contributed by atoms with Crippen LogP contribution in [0.25, 0.3) is 0 Å². The van der Waals surface area contributed by atoms with Crippen molar-refractivity contribution in [1.29, 1.82) is 0 Å². The van der Waals surface area contributed by atoms with E-state index in [1.165, 1.54) is 4.90 Å². The molecule has 2 atom stereocenters. The Morgan fingerprint density at radius 1 is 1.19 bits per heavy atom. The minimum atomic E-state index is -1.28. The highest BCUT2D eigenvalue weighted by Crippen LogP contribution is 2.29. The van der Waals surface area contributed by atoms with Crippen LogP contribution in [0.5, 0.6) is 5.75 Å². The van der Waals surface area contributed by atoms with Crippen molar-refractivity contribution >= 4 is 22.9 Å². The molecule has 2 unspecified atom stereocenters. The molecule has 1 amide bonds. The second kappa shape index (κ2) is 9.06. The Morgan fingerprint density at radius 2 is 1.89 bits per heavy atom. The van der Waals surface area contributed by atoms with E-state index in [4.69, 9.17) is 4.74 Å². The van der Waals surface area contributed by atoms with Gasteiger partial charge in [0.05, 0.1) is 20.1 Å². The number of aryl methyl sites for hydroxylation is 1. The van der Waals surface area contributed by atoms with Gasteiger partial charge in [0, 0.05) is 12.0 Å². The zero-order valence-corrected chi connectivity index (χ0v) is 16.1. The number of likely N-dealkylation sites (tertiary alicyclic amines) is 1. The maximum absolute atomic E-state index is 12.7. The van der Waals surface area contributed by atoms with Crippen molar-refractivity contribution in [1.82, 2.24) is 4.90 Å². The van der Waals surface area contributed by atoms with Gasteiger partial charge in [-0.15, -0.1) is 0 Å². The van der Waals surface area contributed by atoms with Crippen LogP contribution in [-0.4, -0.2) is 40.2 Å². The van der Waals surface area contributed by atoms with Gasteiger partial charge in [0.15, 0.2) is 11.2 Å². The second-order valence-electron chi connectivity index (χ2n) is 6.54. The monoisotopic (exact) mass is 385 g/mol. The number of hydrogen-bond acceptors (Lipinski definition) is 4. The smallest absolute Gasteiger partial charge is 0.233 e. The zero-order chi connectivity index (χ0) is 19.2. The molecule has 2 aromatic rings. The Hall–Kier alpha value is -2.31. The number of amides is 1. The Kier molecular flexibility index (Phi) is 6.53. The number of hydrogen-bond donors (Lipinski definition) is 0. The molecule has 0 aromatic heterocycles. The summed E-state index contributed by atoms with van der Waals surface area (Å²) >= 11 is -1.28. The van der Waals surface area contributed by atoms with Crippen molar-refractivity contribution in [2.45, 2.75) is 30.4 Å². The molecule has 2 aromatic carbocycles. The predicted molar refractivity (Wildman–Crippen MR) is 105 cm³/mol. The molecule has 1 saturated heterocycles. The van der Waals surface area contributed by atoms with Gasteiger partial charge in [-0.1, -0.05) is 48.5 Å². The van der Waals surface area contributed by atoms with Gasteiger partial charge in [-0.2, -0.15) is 0 Å². The van der Waals surface area contributed by atoms with E-state index in [0.717, 1.165) is 11.1 Å². The van der Waals surface area contributed by atoms with Crippen LogP contribution >= 0.6 is 0 Å². The Bertz CT molecular complexity index is 796. The first-order valence-corrected chi connectivity index (χ1v) is 10.3. The van der Waals surface area contributed by atoms with Crippen LogP contribution in [0.4, 0.5) is 0 Å². The van der Waals surface area contributed by atoms with Crippen LogP contribution < -0.4 is 4.74 Å². The number of carbonyl (C=O) groups excluding carboxylic acids is 2. The average Bonchev–Trinajstić information content (AvgIpc) is 2.69. The molecule has 0 bridgehead atoms. The standard InChI is InChI=1S/C21H23NO4S/c1-26-19-10-6-5-9-17(19)15-27(25)21-13-20(24)22(21)14-18(23)12-11-16-7-3-2-4-8-16/h2-10,21H,11-15H2,1H3. The van der Waals surface area contributed by atoms with Crippen molar-refractivity contribution < 1.29 is 18.9 Å². The molecule has 1 aliphatic heterocycles. The van der Waals surface area contributed by atoms with Crippen LogP contribution in [0.3, 0.4) is 0 Å². The van der Waals surface area contributed by atoms with Crippen molar-refractivity contribution in [2.24, 2.45) is 0 Å². The lowest BCUT2D eigenvalue weighted by Crippen LogP contribution is -2.58. The molecular formula is C21H23NO4S. The molecule has 0 spiro atoms. The van der Waals surface area contributed by atoms with Gasteiger partial charge < -0.3 is 9.29 Å². The highest BCUT2D eigenvalue weighted by atomic mass is 32.2. The summed E-state index contributed by atoms with van der Waals surface area (Å²) in [6.07, 6.45) is 1.25. The molecule has 0 N–H and O–H groups in total. The van der Waals surface area contributed by atoms with E-state index in [1.54, 1.807) is 7.11 Å². The molecule has 0 aliphatic carbocycles. The van der Waals surface area contributed by atoms with Crippen LogP contribution in [0, 0.1) is 0 Å². The first kappa shape index (κ1) is 19.5. The lowest BCUT2D eigenvalue weighted by Gasteiger charge is -2.39. The van der Waals surface area contributed by atoms with E-state index in [1.807, 2.05) is 54.6 Å². The maximum Gasteiger partial charge on any atom is 0.233 e. The predicted octanol–water partition coefficient (Wildman–Crippen LogP) is 2.70. The highest BCUT2D eigenvalue weighted by Gasteiger charge is 2.45. The summed E-state index contributed by atoms with van der Waals surface area (Å²) in [6.45, 7) is 0.0357. The first-order valence-electron chi connectivity index (χ1n) is 8.92. The number of ether oxygens (including phenoxy) is 1. The zero-order valence-electron chi connectivity index (χ0n) is 15.3. The highest BCUT2D eigenvalue weighted by molar-refractivity contribution is 7.91. The molecule has 0 saturated carbocycles. The van der Waals surface area contributed by atoms with E-state index in [0.29, 0.717) is 24.3 Å². The van der Waals surface area contributed by atoms with E-state index in [2.05, 4.69) is 0 Å². The third-order valence-corrected chi connectivity index (χ3v) is 6.32. The summed E-state index contributed by atoms with van der Waals surface area (Å²) in [7, 11) is 1.58. The molecule has 3 rings (SSSR count). The van der Waals surface area contributed by atoms with Crippen LogP contribution in [-0.2, 0) is 32.9 Å². The fourth-order valence-corrected chi connectivity index (χ4v) is 4.66. The molecule has 0 radical (unpaired) electrons. The van der Waals surface area contributed by atoms with Gasteiger partial charge in [-0.25, -0.2) is 0 Å². The third-order valence-electron chi connectivity index (χ3n) is 4.69. The maximum atomic E-state index is 12.7. The Balaban J connectivity index is 1.54. The quantitative estimate of drug-likeness (QED) is 0.492. The topological polar surface area (TPSA) is 69.7 Å². The van der Waals surface area contributed by atoms with E-state index in [9.17, 15) is 14.1 Å². The third kappa shape index (κ3) is 4.90. The molecule has 142 valence electrons. The molecule has 5 nitrogen and oxygen atoms in total. The normalized spacial score (nSPS) is 17.3. The summed E-state index contributed by atoms with van der Waals surface area (Å²) in [5.41, 5.74) is 1.94. The first-order chi connectivity index (χ1) is 13.1. The Labute approximate surface area is 162 Å². The van der Waals surface area contributed by atoms with Gasteiger partial charge in [0.1, 0.15) is 11.5 Å². The van der Waals surface area contributed by atoms with E-state index in [-0.39, 0.29) is 24.7 Å². The number of Topliss-reactive ketones (excluding diaryl/α,β-unsaturated/α-hetero) is 1. The van der Waals surface area contributed by atoms with Crippen molar-refractivity contribution in [3.63, 3.8) is 0 Å². The number of para-hydroxylation sites is 1. The van der Waals surface area contributed by atoms with Crippen LogP contribution in [0.15, 0.2) is 54.6 Å². The van der Waals surface area contributed by atoms with Crippen LogP contribution in [0.2, 0.25) is 0 Å². The number of rotatable bonds is 9. The molecule has 1 heterocycles. The number of benzene rings is 2. The Morgan fingerprint density at radius 3 is 2.59 bits per heavy atom. The number of carbonyl (C=O) groups is 2. The summed E-state index contributed by atoms with van der Waals surface area (Å²) < 4.78 is 18.0. The number of methoxy groups -OCH3 is 1. The SMILES string of the molecule is COc1ccccc1C[S+]([O-])C1CC(=O)N1CC(=O)CCc1ccccc1. The fraction of sp³-hybridized carbons (Fsp3) is 0.333. The number of nitrogens with zero attached hydrogens (tertiary/aromatic N) is 1. The number of ketones is 1. The van der Waals surface area contributed by atoms with Gasteiger partial charge >= 0.3 is 0 Å². The van der Waals surface area contributed by atoms with Crippen molar-refractivity contribution in [3.05, 3.63) is 65.7 Å².